The Morgan fingerprint density at radius 3 is 3.10 bits per heavy atom. The first kappa shape index (κ1) is 14.5. The fraction of sp³-hybridized carbons (Fsp3) is 0.308. The van der Waals surface area contributed by atoms with Gasteiger partial charge in [0.1, 0.15) is 6.33 Å². The minimum atomic E-state index is -0.108. The molecule has 2 N–H and O–H groups in total. The SMILES string of the molecule is CC(=O)Nc1cccc(-n2cnnc2SCCCO)c1. The maximum absolute atomic E-state index is 11.1. The average molecular weight is 292 g/mol. The molecule has 0 saturated carbocycles. The van der Waals surface area contributed by atoms with Gasteiger partial charge in [0.25, 0.3) is 0 Å². The van der Waals surface area contributed by atoms with E-state index in [-0.39, 0.29) is 12.5 Å². The van der Waals surface area contributed by atoms with Gasteiger partial charge in [-0.1, -0.05) is 17.8 Å². The molecular weight excluding hydrogens is 276 g/mol. The van der Waals surface area contributed by atoms with E-state index in [4.69, 9.17) is 5.11 Å². The lowest BCUT2D eigenvalue weighted by Crippen LogP contribution is -2.06. The van der Waals surface area contributed by atoms with E-state index in [2.05, 4.69) is 15.5 Å². The third-order valence-electron chi connectivity index (χ3n) is 2.49. The van der Waals surface area contributed by atoms with Crippen LogP contribution in [0.15, 0.2) is 35.7 Å². The Labute approximate surface area is 121 Å². The number of aliphatic hydroxyl groups is 1. The number of carbonyl (C=O) groups is 1. The topological polar surface area (TPSA) is 80.0 Å². The average Bonchev–Trinajstić information content (AvgIpc) is 2.87. The monoisotopic (exact) mass is 292 g/mol. The molecule has 0 aliphatic heterocycles. The Bertz CT molecular complexity index is 585. The molecule has 0 spiro atoms. The second-order valence-electron chi connectivity index (χ2n) is 4.14. The number of nitrogens with zero attached hydrogens (tertiary/aromatic N) is 3. The van der Waals surface area contributed by atoms with E-state index in [1.165, 1.54) is 18.7 Å². The van der Waals surface area contributed by atoms with Gasteiger partial charge in [0.2, 0.25) is 5.91 Å². The van der Waals surface area contributed by atoms with Gasteiger partial charge in [0, 0.05) is 25.0 Å². The number of benzene rings is 1. The minimum Gasteiger partial charge on any atom is -0.396 e. The van der Waals surface area contributed by atoms with Gasteiger partial charge >= 0.3 is 0 Å². The lowest BCUT2D eigenvalue weighted by molar-refractivity contribution is -0.114. The van der Waals surface area contributed by atoms with Crippen molar-refractivity contribution in [2.75, 3.05) is 17.7 Å². The van der Waals surface area contributed by atoms with E-state index in [9.17, 15) is 4.79 Å². The van der Waals surface area contributed by atoms with Crippen LogP contribution in [-0.4, -0.2) is 38.1 Å². The largest absolute Gasteiger partial charge is 0.396 e. The first-order valence-electron chi connectivity index (χ1n) is 6.22. The Morgan fingerprint density at radius 1 is 1.50 bits per heavy atom. The molecule has 20 heavy (non-hydrogen) atoms. The maximum Gasteiger partial charge on any atom is 0.221 e. The van der Waals surface area contributed by atoms with E-state index in [1.807, 2.05) is 28.8 Å². The number of rotatable bonds is 6. The van der Waals surface area contributed by atoms with Crippen LogP contribution in [-0.2, 0) is 4.79 Å². The van der Waals surface area contributed by atoms with Crippen molar-refractivity contribution in [3.8, 4) is 5.69 Å². The molecule has 1 aromatic heterocycles. The molecule has 1 heterocycles. The maximum atomic E-state index is 11.1. The summed E-state index contributed by atoms with van der Waals surface area (Å²) in [6, 6.07) is 7.47. The number of hydrogen-bond acceptors (Lipinski definition) is 5. The van der Waals surface area contributed by atoms with Crippen LogP contribution in [0.2, 0.25) is 0 Å². The van der Waals surface area contributed by atoms with Crippen LogP contribution < -0.4 is 5.32 Å². The molecule has 0 fully saturated rings. The van der Waals surface area contributed by atoms with Crippen LogP contribution >= 0.6 is 11.8 Å². The van der Waals surface area contributed by atoms with Crippen LogP contribution in [0, 0.1) is 0 Å². The summed E-state index contributed by atoms with van der Waals surface area (Å²) in [5.74, 6) is 0.670. The molecule has 2 rings (SSSR count). The zero-order chi connectivity index (χ0) is 14.4. The van der Waals surface area contributed by atoms with Gasteiger partial charge in [-0.15, -0.1) is 10.2 Å². The van der Waals surface area contributed by atoms with Crippen molar-refractivity contribution in [3.05, 3.63) is 30.6 Å². The molecule has 0 bridgehead atoms. The summed E-state index contributed by atoms with van der Waals surface area (Å²) in [7, 11) is 0. The molecule has 6 nitrogen and oxygen atoms in total. The van der Waals surface area contributed by atoms with Gasteiger partial charge in [0.15, 0.2) is 5.16 Å². The smallest absolute Gasteiger partial charge is 0.221 e. The molecule has 1 aromatic carbocycles. The van der Waals surface area contributed by atoms with Gasteiger partial charge in [-0.25, -0.2) is 0 Å². The third kappa shape index (κ3) is 3.82. The first-order chi connectivity index (χ1) is 9.70. The number of nitrogens with one attached hydrogen (secondary N) is 1. The molecule has 0 atom stereocenters. The number of aromatic nitrogens is 3. The highest BCUT2D eigenvalue weighted by molar-refractivity contribution is 7.99. The zero-order valence-electron chi connectivity index (χ0n) is 11.1. The molecule has 0 aliphatic carbocycles. The number of amides is 1. The van der Waals surface area contributed by atoms with Gasteiger partial charge in [-0.2, -0.15) is 0 Å². The first-order valence-corrected chi connectivity index (χ1v) is 7.21. The van der Waals surface area contributed by atoms with Crippen molar-refractivity contribution in [2.45, 2.75) is 18.5 Å². The summed E-state index contributed by atoms with van der Waals surface area (Å²) in [5, 5.41) is 20.3. The number of anilines is 1. The van der Waals surface area contributed by atoms with Crippen molar-refractivity contribution in [2.24, 2.45) is 0 Å². The molecule has 106 valence electrons. The van der Waals surface area contributed by atoms with Crippen molar-refractivity contribution in [1.29, 1.82) is 0 Å². The summed E-state index contributed by atoms with van der Waals surface area (Å²) < 4.78 is 1.85. The quantitative estimate of drug-likeness (QED) is 0.626. The van der Waals surface area contributed by atoms with E-state index >= 15 is 0 Å². The lowest BCUT2D eigenvalue weighted by Gasteiger charge is -2.08. The lowest BCUT2D eigenvalue weighted by atomic mass is 10.2. The summed E-state index contributed by atoms with van der Waals surface area (Å²) in [4.78, 5) is 11.1. The standard InChI is InChI=1S/C13H16N4O2S/c1-10(19)15-11-4-2-5-12(8-11)17-9-14-16-13(17)20-7-3-6-18/h2,4-5,8-9,18H,3,6-7H2,1H3,(H,15,19). The summed E-state index contributed by atoms with van der Waals surface area (Å²) in [5.41, 5.74) is 1.61. The van der Waals surface area contributed by atoms with Crippen LogP contribution in [0.25, 0.3) is 5.69 Å². The molecule has 2 aromatic rings. The van der Waals surface area contributed by atoms with Crippen LogP contribution in [0.1, 0.15) is 13.3 Å². The fourth-order valence-electron chi connectivity index (χ4n) is 1.66. The Hall–Kier alpha value is -1.86. The van der Waals surface area contributed by atoms with Crippen LogP contribution in [0.4, 0.5) is 5.69 Å². The number of thioether (sulfide) groups is 1. The normalized spacial score (nSPS) is 10.5. The highest BCUT2D eigenvalue weighted by Crippen LogP contribution is 2.22. The fourth-order valence-corrected chi connectivity index (χ4v) is 2.52. The molecule has 0 radical (unpaired) electrons. The van der Waals surface area contributed by atoms with Crippen LogP contribution in [0.5, 0.6) is 0 Å². The predicted octanol–water partition coefficient (Wildman–Crippen LogP) is 1.70. The third-order valence-corrected chi connectivity index (χ3v) is 3.52. The van der Waals surface area contributed by atoms with Crippen molar-refractivity contribution in [3.63, 3.8) is 0 Å². The molecule has 1 amide bonds. The van der Waals surface area contributed by atoms with Gasteiger partial charge in [-0.05, 0) is 24.6 Å². The minimum absolute atomic E-state index is 0.108. The van der Waals surface area contributed by atoms with Crippen LogP contribution in [0.3, 0.4) is 0 Å². The second-order valence-corrected chi connectivity index (χ2v) is 5.20. The summed E-state index contributed by atoms with van der Waals surface area (Å²) in [6.45, 7) is 1.64. The molecular formula is C13H16N4O2S. The van der Waals surface area contributed by atoms with Gasteiger partial charge in [0.05, 0.1) is 5.69 Å². The molecule has 7 heteroatoms. The molecule has 0 aliphatic rings. The predicted molar refractivity (Wildman–Crippen MR) is 78.1 cm³/mol. The molecule has 0 unspecified atom stereocenters. The van der Waals surface area contributed by atoms with Crippen molar-refractivity contribution in [1.82, 2.24) is 14.8 Å². The highest BCUT2D eigenvalue weighted by Gasteiger charge is 2.07. The number of carbonyl (C=O) groups excluding carboxylic acids is 1. The van der Waals surface area contributed by atoms with Gasteiger partial charge < -0.3 is 10.4 Å². The highest BCUT2D eigenvalue weighted by atomic mass is 32.2. The number of hydrogen-bond donors (Lipinski definition) is 2. The van der Waals surface area contributed by atoms with E-state index in [1.54, 1.807) is 6.33 Å². The van der Waals surface area contributed by atoms with E-state index in [0.29, 0.717) is 6.42 Å². The molecule has 0 saturated heterocycles. The van der Waals surface area contributed by atoms with E-state index in [0.717, 1.165) is 22.3 Å². The van der Waals surface area contributed by atoms with Gasteiger partial charge in [-0.3, -0.25) is 9.36 Å². The second kappa shape index (κ2) is 7.06. The summed E-state index contributed by atoms with van der Waals surface area (Å²) >= 11 is 1.53. The van der Waals surface area contributed by atoms with Crippen molar-refractivity contribution >= 4 is 23.4 Å². The Morgan fingerprint density at radius 2 is 2.35 bits per heavy atom. The van der Waals surface area contributed by atoms with E-state index < -0.39 is 0 Å². The van der Waals surface area contributed by atoms with Crippen molar-refractivity contribution < 1.29 is 9.90 Å². The Kier molecular flexibility index (Phi) is 5.14. The summed E-state index contributed by atoms with van der Waals surface area (Å²) in [6.07, 6.45) is 2.34. The number of aliphatic hydroxyl groups excluding tert-OH is 1. The Balaban J connectivity index is 2.18. The zero-order valence-corrected chi connectivity index (χ0v) is 11.9.